The molecule has 0 saturated carbocycles. The van der Waals surface area contributed by atoms with E-state index in [-0.39, 0.29) is 0 Å². The van der Waals surface area contributed by atoms with Crippen molar-refractivity contribution in [2.24, 2.45) is 0 Å². The molecule has 0 N–H and O–H groups in total. The lowest BCUT2D eigenvalue weighted by Crippen LogP contribution is -2.49. The normalized spacial score (nSPS) is 20.9. The average Bonchev–Trinajstić information content (AvgIpc) is 2.98. The zero-order valence-electron chi connectivity index (χ0n) is 15.8. The highest BCUT2D eigenvalue weighted by Gasteiger charge is 2.32. The van der Waals surface area contributed by atoms with Gasteiger partial charge in [-0.1, -0.05) is 0 Å². The molecule has 2 aromatic heterocycles. The van der Waals surface area contributed by atoms with E-state index < -0.39 is 10.2 Å². The van der Waals surface area contributed by atoms with Gasteiger partial charge in [-0.05, 0) is 20.3 Å². The second-order valence-electron chi connectivity index (χ2n) is 7.01. The van der Waals surface area contributed by atoms with E-state index in [2.05, 4.69) is 15.0 Å². The van der Waals surface area contributed by atoms with Gasteiger partial charge in [-0.15, -0.1) is 0 Å². The molecule has 0 atom stereocenters. The second kappa shape index (κ2) is 7.34. The van der Waals surface area contributed by atoms with E-state index in [4.69, 9.17) is 4.74 Å². The van der Waals surface area contributed by atoms with Crippen LogP contribution in [0.1, 0.15) is 17.7 Å². The first kappa shape index (κ1) is 18.6. The van der Waals surface area contributed by atoms with Crippen molar-refractivity contribution >= 4 is 21.7 Å². The summed E-state index contributed by atoms with van der Waals surface area (Å²) < 4.78 is 36.3. The van der Waals surface area contributed by atoms with E-state index in [1.807, 2.05) is 24.4 Å². The van der Waals surface area contributed by atoms with Crippen molar-refractivity contribution < 1.29 is 13.2 Å². The van der Waals surface area contributed by atoms with Crippen molar-refractivity contribution in [1.82, 2.24) is 23.2 Å². The Kier molecular flexibility index (Phi) is 5.06. The number of anilines is 1. The molecule has 4 rings (SSSR count). The molecule has 0 aromatic carbocycles. The van der Waals surface area contributed by atoms with Crippen molar-refractivity contribution in [3.63, 3.8) is 0 Å². The molecule has 2 aliphatic heterocycles. The molecule has 0 spiro atoms. The number of hydrogen-bond acceptors (Lipinski definition) is 6. The first-order valence-corrected chi connectivity index (χ1v) is 10.8. The van der Waals surface area contributed by atoms with Gasteiger partial charge in [0.2, 0.25) is 0 Å². The van der Waals surface area contributed by atoms with E-state index >= 15 is 0 Å². The van der Waals surface area contributed by atoms with Crippen LogP contribution in [0.15, 0.2) is 12.3 Å². The third-order valence-corrected chi connectivity index (χ3v) is 7.40. The van der Waals surface area contributed by atoms with Gasteiger partial charge in [0.1, 0.15) is 5.82 Å². The highest BCUT2D eigenvalue weighted by atomic mass is 32.2. The van der Waals surface area contributed by atoms with Crippen LogP contribution < -0.4 is 4.90 Å². The molecule has 9 nitrogen and oxygen atoms in total. The lowest BCUT2D eigenvalue weighted by molar-refractivity contribution is 0.0703. The molecule has 0 bridgehead atoms. The zero-order valence-corrected chi connectivity index (χ0v) is 16.7. The summed E-state index contributed by atoms with van der Waals surface area (Å²) in [6.45, 7) is 8.24. The fraction of sp³-hybridized carbons (Fsp3) is 0.647. The number of hydrogen-bond donors (Lipinski definition) is 0. The van der Waals surface area contributed by atoms with Crippen LogP contribution >= 0.6 is 0 Å². The number of morpholine rings is 1. The molecule has 2 aromatic rings. The van der Waals surface area contributed by atoms with Gasteiger partial charge in [0, 0.05) is 56.6 Å². The molecule has 10 heteroatoms. The number of ether oxygens (including phenoxy) is 1. The van der Waals surface area contributed by atoms with Crippen LogP contribution in [0.4, 0.5) is 5.82 Å². The average molecular weight is 395 g/mol. The quantitative estimate of drug-likeness (QED) is 0.751. The Labute approximate surface area is 159 Å². The Balaban J connectivity index is 1.58. The van der Waals surface area contributed by atoms with Crippen LogP contribution in [0.2, 0.25) is 0 Å². The molecule has 4 heterocycles. The van der Waals surface area contributed by atoms with Gasteiger partial charge in [-0.25, -0.2) is 4.98 Å². The molecule has 27 heavy (non-hydrogen) atoms. The van der Waals surface area contributed by atoms with Crippen LogP contribution in [0.5, 0.6) is 0 Å². The first-order chi connectivity index (χ1) is 13.0. The molecule has 0 unspecified atom stereocenters. The van der Waals surface area contributed by atoms with Crippen LogP contribution in [-0.2, 0) is 14.9 Å². The minimum absolute atomic E-state index is 0.430. The Morgan fingerprint density at radius 1 is 1.00 bits per heavy atom. The topological polar surface area (TPSA) is 83.3 Å². The summed E-state index contributed by atoms with van der Waals surface area (Å²) in [4.78, 5) is 6.81. The molecule has 2 saturated heterocycles. The largest absolute Gasteiger partial charge is 0.379 e. The summed E-state index contributed by atoms with van der Waals surface area (Å²) in [6, 6.07) is 1.89. The summed E-state index contributed by atoms with van der Waals surface area (Å²) in [6.07, 6.45) is 2.52. The maximum Gasteiger partial charge on any atom is 0.282 e. The second-order valence-corrected chi connectivity index (χ2v) is 8.93. The number of rotatable bonds is 3. The van der Waals surface area contributed by atoms with Crippen molar-refractivity contribution in [3.8, 4) is 0 Å². The van der Waals surface area contributed by atoms with Crippen molar-refractivity contribution in [2.75, 3.05) is 57.4 Å². The van der Waals surface area contributed by atoms with Crippen molar-refractivity contribution in [1.29, 1.82) is 0 Å². The highest BCUT2D eigenvalue weighted by molar-refractivity contribution is 7.86. The standard InChI is InChI=1S/C17H26N6O3S/c1-14-15(2)19-16-4-5-18-23(16)17(14)20-6-3-7-21(9-8-20)27(24,25)22-10-12-26-13-11-22/h4-5H,3,6-13H2,1-2H3. The van der Waals surface area contributed by atoms with Gasteiger partial charge < -0.3 is 9.64 Å². The van der Waals surface area contributed by atoms with Crippen LogP contribution in [0, 0.1) is 13.8 Å². The lowest BCUT2D eigenvalue weighted by Gasteiger charge is -2.31. The number of aromatic nitrogens is 3. The van der Waals surface area contributed by atoms with E-state index in [1.54, 1.807) is 14.8 Å². The van der Waals surface area contributed by atoms with E-state index in [9.17, 15) is 8.42 Å². The summed E-state index contributed by atoms with van der Waals surface area (Å²) in [5.74, 6) is 1.01. The van der Waals surface area contributed by atoms with Crippen LogP contribution in [0.3, 0.4) is 0 Å². The van der Waals surface area contributed by atoms with Gasteiger partial charge in [0.25, 0.3) is 10.2 Å². The van der Waals surface area contributed by atoms with Gasteiger partial charge in [0.05, 0.1) is 19.4 Å². The molecule has 0 radical (unpaired) electrons. The Morgan fingerprint density at radius 3 is 2.52 bits per heavy atom. The van der Waals surface area contributed by atoms with Crippen molar-refractivity contribution in [3.05, 3.63) is 23.5 Å². The molecular weight excluding hydrogens is 368 g/mol. The van der Waals surface area contributed by atoms with Crippen molar-refractivity contribution in [2.45, 2.75) is 20.3 Å². The molecule has 2 aliphatic rings. The fourth-order valence-electron chi connectivity index (χ4n) is 3.77. The van der Waals surface area contributed by atoms with E-state index in [0.29, 0.717) is 45.9 Å². The van der Waals surface area contributed by atoms with Gasteiger partial charge in [0.15, 0.2) is 5.65 Å². The third kappa shape index (κ3) is 3.42. The SMILES string of the molecule is Cc1nc2ccnn2c(N2CCCN(S(=O)(=O)N3CCOCC3)CC2)c1C. The fourth-order valence-corrected chi connectivity index (χ4v) is 5.38. The predicted molar refractivity (Wildman–Crippen MR) is 102 cm³/mol. The minimum Gasteiger partial charge on any atom is -0.379 e. The summed E-state index contributed by atoms with van der Waals surface area (Å²) in [7, 11) is -3.44. The maximum absolute atomic E-state index is 13.0. The molecule has 2 fully saturated rings. The summed E-state index contributed by atoms with van der Waals surface area (Å²) in [5, 5.41) is 4.43. The van der Waals surface area contributed by atoms with E-state index in [1.165, 1.54) is 0 Å². The first-order valence-electron chi connectivity index (χ1n) is 9.37. The molecule has 0 aliphatic carbocycles. The minimum atomic E-state index is -3.44. The van der Waals surface area contributed by atoms with Gasteiger partial charge >= 0.3 is 0 Å². The van der Waals surface area contributed by atoms with Gasteiger partial charge in [-0.3, -0.25) is 0 Å². The number of aryl methyl sites for hydroxylation is 1. The maximum atomic E-state index is 13.0. The number of fused-ring (bicyclic) bond motifs is 1. The highest BCUT2D eigenvalue weighted by Crippen LogP contribution is 2.25. The Bertz CT molecular complexity index is 922. The summed E-state index contributed by atoms with van der Waals surface area (Å²) >= 11 is 0. The molecular formula is C17H26N6O3S. The molecule has 0 amide bonds. The smallest absolute Gasteiger partial charge is 0.282 e. The Hall–Kier alpha value is -1.75. The zero-order chi connectivity index (χ0) is 19.0. The molecule has 148 valence electrons. The van der Waals surface area contributed by atoms with Gasteiger partial charge in [-0.2, -0.15) is 26.6 Å². The van der Waals surface area contributed by atoms with Crippen LogP contribution in [0.25, 0.3) is 5.65 Å². The monoisotopic (exact) mass is 394 g/mol. The third-order valence-electron chi connectivity index (χ3n) is 5.36. The van der Waals surface area contributed by atoms with Crippen LogP contribution in [-0.4, -0.2) is 84.1 Å². The predicted octanol–water partition coefficient (Wildman–Crippen LogP) is 0.435. The number of nitrogens with zero attached hydrogens (tertiary/aromatic N) is 6. The lowest BCUT2D eigenvalue weighted by atomic mass is 10.2. The summed E-state index contributed by atoms with van der Waals surface area (Å²) in [5.41, 5.74) is 2.87. The van der Waals surface area contributed by atoms with E-state index in [0.717, 1.165) is 35.7 Å². The Morgan fingerprint density at radius 2 is 1.74 bits per heavy atom.